The van der Waals surface area contributed by atoms with Crippen molar-refractivity contribution in [1.82, 2.24) is 9.62 Å². The van der Waals surface area contributed by atoms with Gasteiger partial charge in [0.05, 0.1) is 24.3 Å². The SMILES string of the molecule is CCc1cccc(CNC[C@@H](O)[C@H](Cc2cc(F)cc(F)c2)N2CC=NS2)c1. The van der Waals surface area contributed by atoms with Crippen molar-refractivity contribution in [3.63, 3.8) is 0 Å². The Morgan fingerprint density at radius 1 is 1.14 bits per heavy atom. The predicted molar refractivity (Wildman–Crippen MR) is 110 cm³/mol. The number of nitrogens with one attached hydrogen (secondary N) is 1. The number of aliphatic hydroxyl groups excluding tert-OH is 1. The fourth-order valence-corrected chi connectivity index (χ4v) is 4.02. The van der Waals surface area contributed by atoms with Crippen LogP contribution in [0.15, 0.2) is 46.9 Å². The molecule has 0 spiro atoms. The minimum absolute atomic E-state index is 0.317. The van der Waals surface area contributed by atoms with E-state index < -0.39 is 17.7 Å². The van der Waals surface area contributed by atoms with Crippen LogP contribution in [0, 0.1) is 11.6 Å². The van der Waals surface area contributed by atoms with Crippen molar-refractivity contribution in [2.75, 3.05) is 13.1 Å². The molecule has 28 heavy (non-hydrogen) atoms. The molecule has 3 rings (SSSR count). The van der Waals surface area contributed by atoms with Crippen molar-refractivity contribution in [2.45, 2.75) is 38.5 Å². The van der Waals surface area contributed by atoms with Gasteiger partial charge in [-0.05, 0) is 41.7 Å². The lowest BCUT2D eigenvalue weighted by molar-refractivity contribution is 0.0984. The molecular weight excluding hydrogens is 380 g/mol. The summed E-state index contributed by atoms with van der Waals surface area (Å²) in [6.45, 7) is 3.72. The van der Waals surface area contributed by atoms with Crippen LogP contribution < -0.4 is 5.32 Å². The Bertz CT molecular complexity index is 790. The maximum Gasteiger partial charge on any atom is 0.126 e. The van der Waals surface area contributed by atoms with Crippen molar-refractivity contribution >= 4 is 18.3 Å². The van der Waals surface area contributed by atoms with E-state index in [4.69, 9.17) is 0 Å². The van der Waals surface area contributed by atoms with E-state index in [0.717, 1.165) is 18.1 Å². The number of benzene rings is 2. The van der Waals surface area contributed by atoms with Crippen LogP contribution in [0.2, 0.25) is 0 Å². The minimum atomic E-state index is -0.713. The molecule has 4 nitrogen and oxygen atoms in total. The van der Waals surface area contributed by atoms with Crippen LogP contribution in [0.1, 0.15) is 23.6 Å². The van der Waals surface area contributed by atoms with Gasteiger partial charge in [0.25, 0.3) is 0 Å². The van der Waals surface area contributed by atoms with E-state index >= 15 is 0 Å². The molecule has 1 aliphatic rings. The fraction of sp³-hybridized carbons (Fsp3) is 0.381. The van der Waals surface area contributed by atoms with E-state index in [0.29, 0.717) is 31.6 Å². The standard InChI is InChI=1S/C21H25F2N3OS/c1-2-15-4-3-5-16(8-15)13-24-14-21(27)20(26-7-6-25-28-26)11-17-9-18(22)12-19(23)10-17/h3-6,8-10,12,20-21,24,27H,2,7,11,13-14H2,1H3/t20-,21+/m0/s1. The van der Waals surface area contributed by atoms with E-state index in [1.54, 1.807) is 6.21 Å². The molecule has 1 heterocycles. The topological polar surface area (TPSA) is 47.9 Å². The monoisotopic (exact) mass is 405 g/mol. The quantitative estimate of drug-likeness (QED) is 0.627. The first-order valence-electron chi connectivity index (χ1n) is 9.42. The second-order valence-electron chi connectivity index (χ2n) is 6.89. The van der Waals surface area contributed by atoms with Crippen LogP contribution in [0.5, 0.6) is 0 Å². The smallest absolute Gasteiger partial charge is 0.126 e. The average molecular weight is 406 g/mol. The summed E-state index contributed by atoms with van der Waals surface area (Å²) in [5.41, 5.74) is 2.95. The van der Waals surface area contributed by atoms with Gasteiger partial charge in [0.15, 0.2) is 0 Å². The van der Waals surface area contributed by atoms with Crippen LogP contribution in [0.4, 0.5) is 8.78 Å². The van der Waals surface area contributed by atoms with Crippen molar-refractivity contribution in [1.29, 1.82) is 0 Å². The maximum absolute atomic E-state index is 13.6. The predicted octanol–water partition coefficient (Wildman–Crippen LogP) is 3.54. The summed E-state index contributed by atoms with van der Waals surface area (Å²) in [6, 6.07) is 11.5. The highest BCUT2D eigenvalue weighted by Crippen LogP contribution is 2.24. The van der Waals surface area contributed by atoms with Crippen LogP contribution in [-0.2, 0) is 19.4 Å². The summed E-state index contributed by atoms with van der Waals surface area (Å²) in [7, 11) is 0. The van der Waals surface area contributed by atoms with Crippen LogP contribution >= 0.6 is 12.1 Å². The van der Waals surface area contributed by atoms with Gasteiger partial charge < -0.3 is 10.4 Å². The second-order valence-corrected chi connectivity index (χ2v) is 7.73. The third-order valence-electron chi connectivity index (χ3n) is 4.75. The van der Waals surface area contributed by atoms with Crippen molar-refractivity contribution in [3.05, 3.63) is 70.8 Å². The van der Waals surface area contributed by atoms with E-state index in [-0.39, 0.29) is 6.04 Å². The molecule has 0 aromatic heterocycles. The Kier molecular flexibility index (Phi) is 7.56. The first kappa shape index (κ1) is 20.9. The van der Waals surface area contributed by atoms with Crippen LogP contribution in [0.3, 0.4) is 0 Å². The van der Waals surface area contributed by atoms with Gasteiger partial charge in [-0.2, -0.15) is 0 Å². The molecule has 0 saturated carbocycles. The Balaban J connectivity index is 1.62. The lowest BCUT2D eigenvalue weighted by atomic mass is 10.0. The van der Waals surface area contributed by atoms with E-state index in [1.807, 2.05) is 10.4 Å². The molecule has 0 fully saturated rings. The third-order valence-corrected chi connectivity index (χ3v) is 5.62. The highest BCUT2D eigenvalue weighted by molar-refractivity contribution is 7.96. The summed E-state index contributed by atoms with van der Waals surface area (Å²) >= 11 is 1.27. The molecule has 150 valence electrons. The second kappa shape index (κ2) is 10.1. The number of hydrogen-bond donors (Lipinski definition) is 2. The third kappa shape index (κ3) is 5.85. The summed E-state index contributed by atoms with van der Waals surface area (Å²) in [5, 5.41) is 14.1. The van der Waals surface area contributed by atoms with Gasteiger partial charge in [-0.25, -0.2) is 17.5 Å². The molecule has 7 heteroatoms. The fourth-order valence-electron chi connectivity index (χ4n) is 3.30. The molecule has 0 saturated heterocycles. The van der Waals surface area contributed by atoms with Gasteiger partial charge in [0.1, 0.15) is 11.6 Å². The largest absolute Gasteiger partial charge is 0.390 e. The number of halogens is 2. The van der Waals surface area contributed by atoms with Gasteiger partial charge in [-0.15, -0.1) is 0 Å². The highest BCUT2D eigenvalue weighted by Gasteiger charge is 2.28. The highest BCUT2D eigenvalue weighted by atomic mass is 32.2. The molecular formula is C21H25F2N3OS. The first-order valence-corrected chi connectivity index (χ1v) is 10.2. The normalized spacial score (nSPS) is 16.4. The van der Waals surface area contributed by atoms with Gasteiger partial charge >= 0.3 is 0 Å². The Labute approximate surface area is 168 Å². The molecule has 0 aliphatic carbocycles. The number of nitrogens with zero attached hydrogens (tertiary/aromatic N) is 2. The zero-order valence-electron chi connectivity index (χ0n) is 15.8. The minimum Gasteiger partial charge on any atom is -0.390 e. The Hall–Kier alpha value is -1.80. The molecule has 0 bridgehead atoms. The molecule has 2 atom stereocenters. The maximum atomic E-state index is 13.6. The number of hydrogen-bond acceptors (Lipinski definition) is 5. The summed E-state index contributed by atoms with van der Waals surface area (Å²) in [4.78, 5) is 0. The average Bonchev–Trinajstić information content (AvgIpc) is 3.20. The molecule has 2 aromatic rings. The van der Waals surface area contributed by atoms with E-state index in [1.165, 1.54) is 29.8 Å². The number of rotatable bonds is 9. The molecule has 2 N–H and O–H groups in total. The Morgan fingerprint density at radius 2 is 1.89 bits per heavy atom. The van der Waals surface area contributed by atoms with E-state index in [2.05, 4.69) is 34.8 Å². The van der Waals surface area contributed by atoms with Crippen LogP contribution in [0.25, 0.3) is 0 Å². The molecule has 0 radical (unpaired) electrons. The zero-order valence-corrected chi connectivity index (χ0v) is 16.6. The lowest BCUT2D eigenvalue weighted by Gasteiger charge is -2.30. The molecule has 2 aromatic carbocycles. The van der Waals surface area contributed by atoms with Gasteiger partial charge in [-0.3, -0.25) is 0 Å². The van der Waals surface area contributed by atoms with Crippen LogP contribution in [-0.4, -0.2) is 40.9 Å². The van der Waals surface area contributed by atoms with Gasteiger partial charge in [0, 0.05) is 31.9 Å². The molecule has 1 aliphatic heterocycles. The number of aliphatic hydroxyl groups is 1. The number of aryl methyl sites for hydroxylation is 1. The summed E-state index contributed by atoms with van der Waals surface area (Å²) < 4.78 is 33.2. The Morgan fingerprint density at radius 3 is 2.57 bits per heavy atom. The summed E-state index contributed by atoms with van der Waals surface area (Å²) in [5.74, 6) is -1.22. The van der Waals surface area contributed by atoms with Gasteiger partial charge in [-0.1, -0.05) is 31.2 Å². The van der Waals surface area contributed by atoms with Crippen molar-refractivity contribution < 1.29 is 13.9 Å². The first-order chi connectivity index (χ1) is 13.5. The zero-order chi connectivity index (χ0) is 19.9. The van der Waals surface area contributed by atoms with E-state index in [9.17, 15) is 13.9 Å². The van der Waals surface area contributed by atoms with Gasteiger partial charge in [0.2, 0.25) is 0 Å². The lowest BCUT2D eigenvalue weighted by Crippen LogP contribution is -2.45. The van der Waals surface area contributed by atoms with Crippen molar-refractivity contribution in [2.24, 2.45) is 4.40 Å². The molecule has 0 amide bonds. The molecule has 0 unspecified atom stereocenters. The summed E-state index contributed by atoms with van der Waals surface area (Å²) in [6.07, 6.45) is 2.36. The van der Waals surface area contributed by atoms with Crippen molar-refractivity contribution in [3.8, 4) is 0 Å².